The van der Waals surface area contributed by atoms with Crippen LogP contribution in [-0.4, -0.2) is 23.0 Å². The van der Waals surface area contributed by atoms with Gasteiger partial charge in [0.2, 0.25) is 11.8 Å². The molecule has 1 atom stereocenters. The Bertz CT molecular complexity index is 423. The van der Waals surface area contributed by atoms with E-state index in [0.717, 1.165) is 0 Å². The third-order valence-electron chi connectivity index (χ3n) is 2.11. The maximum Gasteiger partial charge on any atom is 0.249 e. The van der Waals surface area contributed by atoms with Crippen LogP contribution in [0.1, 0.15) is 12.0 Å². The van der Waals surface area contributed by atoms with Crippen LogP contribution in [0.2, 0.25) is 0 Å². The molecule has 0 spiro atoms. The third-order valence-corrected chi connectivity index (χ3v) is 2.11. The zero-order valence-corrected chi connectivity index (χ0v) is 9.02. The minimum atomic E-state index is -1.50. The van der Waals surface area contributed by atoms with Crippen LogP contribution < -0.4 is 11.1 Å². The average molecular weight is 240 g/mol. The van der Waals surface area contributed by atoms with Gasteiger partial charge in [0.25, 0.3) is 0 Å². The fraction of sp³-hybridized carbons (Fsp3) is 0.273. The number of hydrogen-bond donors (Lipinski definition) is 3. The van der Waals surface area contributed by atoms with E-state index in [1.54, 1.807) is 6.07 Å². The molecule has 92 valence electrons. The van der Waals surface area contributed by atoms with Gasteiger partial charge in [-0.1, -0.05) is 18.2 Å². The zero-order valence-electron chi connectivity index (χ0n) is 9.02. The number of nitrogens with one attached hydrogen (secondary N) is 1. The van der Waals surface area contributed by atoms with Gasteiger partial charge in [0, 0.05) is 12.1 Å². The lowest BCUT2D eigenvalue weighted by Crippen LogP contribution is -2.36. The summed E-state index contributed by atoms with van der Waals surface area (Å²) in [5, 5.41) is 11.5. The Hall–Kier alpha value is -1.95. The third kappa shape index (κ3) is 4.20. The van der Waals surface area contributed by atoms with Gasteiger partial charge in [-0.05, 0) is 6.07 Å². The average Bonchev–Trinajstić information content (AvgIpc) is 2.26. The predicted molar refractivity (Wildman–Crippen MR) is 58.1 cm³/mol. The molecule has 1 aromatic carbocycles. The molecule has 0 fully saturated rings. The molecule has 5 nitrogen and oxygen atoms in total. The minimum Gasteiger partial charge on any atom is -0.383 e. The van der Waals surface area contributed by atoms with Crippen molar-refractivity contribution in [2.75, 3.05) is 0 Å². The van der Waals surface area contributed by atoms with E-state index < -0.39 is 30.2 Å². The normalized spacial score (nSPS) is 11.9. The summed E-state index contributed by atoms with van der Waals surface area (Å²) in [6, 6.07) is 5.93. The van der Waals surface area contributed by atoms with Crippen molar-refractivity contribution in [2.45, 2.75) is 19.1 Å². The molecule has 0 saturated carbocycles. The molecule has 0 heterocycles. The fourth-order valence-electron chi connectivity index (χ4n) is 1.23. The first-order chi connectivity index (χ1) is 8.00. The molecule has 6 heteroatoms. The number of rotatable bonds is 5. The molecule has 0 radical (unpaired) electrons. The molecule has 17 heavy (non-hydrogen) atoms. The topological polar surface area (TPSA) is 92.4 Å². The Kier molecular flexibility index (Phi) is 4.59. The zero-order chi connectivity index (χ0) is 12.8. The Morgan fingerprint density at radius 3 is 2.65 bits per heavy atom. The maximum absolute atomic E-state index is 13.2. The van der Waals surface area contributed by atoms with Crippen LogP contribution >= 0.6 is 0 Å². The van der Waals surface area contributed by atoms with Crippen molar-refractivity contribution in [3.63, 3.8) is 0 Å². The van der Waals surface area contributed by atoms with Crippen molar-refractivity contribution in [1.82, 2.24) is 5.32 Å². The number of halogens is 1. The number of aliphatic hydroxyl groups excluding tert-OH is 1. The molecule has 0 aliphatic carbocycles. The Morgan fingerprint density at radius 2 is 2.06 bits per heavy atom. The van der Waals surface area contributed by atoms with Gasteiger partial charge in [0.05, 0.1) is 6.42 Å². The van der Waals surface area contributed by atoms with Gasteiger partial charge in [0.1, 0.15) is 11.9 Å². The van der Waals surface area contributed by atoms with Crippen LogP contribution in [0, 0.1) is 5.82 Å². The highest BCUT2D eigenvalue weighted by molar-refractivity contribution is 5.86. The van der Waals surface area contributed by atoms with Gasteiger partial charge >= 0.3 is 0 Å². The predicted octanol–water partition coefficient (Wildman–Crippen LogP) is -0.322. The molecule has 4 N–H and O–H groups in total. The molecular weight excluding hydrogens is 227 g/mol. The SMILES string of the molecule is NC(=O)CC(O)C(=O)NCc1ccccc1F. The molecular formula is C11H13FN2O3. The van der Waals surface area contributed by atoms with Crippen LogP contribution in [0.15, 0.2) is 24.3 Å². The first-order valence-electron chi connectivity index (χ1n) is 4.98. The van der Waals surface area contributed by atoms with Crippen molar-refractivity contribution in [2.24, 2.45) is 5.73 Å². The number of carbonyl (C=O) groups excluding carboxylic acids is 2. The van der Waals surface area contributed by atoms with Crippen LogP contribution in [0.5, 0.6) is 0 Å². The first kappa shape index (κ1) is 13.1. The second-order valence-corrected chi connectivity index (χ2v) is 3.50. The highest BCUT2D eigenvalue weighted by atomic mass is 19.1. The molecule has 0 aliphatic heterocycles. The number of carbonyl (C=O) groups is 2. The van der Waals surface area contributed by atoms with Gasteiger partial charge in [-0.3, -0.25) is 9.59 Å². The summed E-state index contributed by atoms with van der Waals surface area (Å²) in [7, 11) is 0. The highest BCUT2D eigenvalue weighted by Gasteiger charge is 2.17. The van der Waals surface area contributed by atoms with Gasteiger partial charge in [0.15, 0.2) is 0 Å². The van der Waals surface area contributed by atoms with Crippen LogP contribution in [0.3, 0.4) is 0 Å². The van der Waals surface area contributed by atoms with Crippen molar-refractivity contribution in [1.29, 1.82) is 0 Å². The Morgan fingerprint density at radius 1 is 1.41 bits per heavy atom. The van der Waals surface area contributed by atoms with E-state index in [2.05, 4.69) is 5.32 Å². The van der Waals surface area contributed by atoms with E-state index in [-0.39, 0.29) is 6.54 Å². The largest absolute Gasteiger partial charge is 0.383 e. The van der Waals surface area contributed by atoms with Crippen LogP contribution in [0.25, 0.3) is 0 Å². The summed E-state index contributed by atoms with van der Waals surface area (Å²) in [5.41, 5.74) is 5.12. The molecule has 0 bridgehead atoms. The summed E-state index contributed by atoms with van der Waals surface area (Å²) >= 11 is 0. The second-order valence-electron chi connectivity index (χ2n) is 3.50. The lowest BCUT2D eigenvalue weighted by molar-refractivity contribution is -0.133. The van der Waals surface area contributed by atoms with E-state index in [1.807, 2.05) is 0 Å². The molecule has 0 aromatic heterocycles. The number of amides is 2. The molecule has 0 saturated heterocycles. The van der Waals surface area contributed by atoms with E-state index in [9.17, 15) is 19.1 Å². The van der Waals surface area contributed by atoms with Crippen molar-refractivity contribution < 1.29 is 19.1 Å². The summed E-state index contributed by atoms with van der Waals surface area (Å²) in [6.07, 6.45) is -1.96. The van der Waals surface area contributed by atoms with E-state index in [4.69, 9.17) is 5.73 Å². The molecule has 1 rings (SSSR count). The van der Waals surface area contributed by atoms with Gasteiger partial charge < -0.3 is 16.2 Å². The monoisotopic (exact) mass is 240 g/mol. The Balaban J connectivity index is 2.48. The number of benzene rings is 1. The van der Waals surface area contributed by atoms with Gasteiger partial charge in [-0.15, -0.1) is 0 Å². The van der Waals surface area contributed by atoms with Crippen molar-refractivity contribution >= 4 is 11.8 Å². The number of aliphatic hydroxyl groups is 1. The van der Waals surface area contributed by atoms with Crippen LogP contribution in [-0.2, 0) is 16.1 Å². The summed E-state index contributed by atoms with van der Waals surface area (Å²) in [4.78, 5) is 21.7. The lowest BCUT2D eigenvalue weighted by Gasteiger charge is -2.10. The maximum atomic E-state index is 13.2. The first-order valence-corrected chi connectivity index (χ1v) is 4.98. The number of hydrogen-bond acceptors (Lipinski definition) is 3. The minimum absolute atomic E-state index is 0.0542. The van der Waals surface area contributed by atoms with E-state index in [0.29, 0.717) is 5.56 Å². The standard InChI is InChI=1S/C11H13FN2O3/c12-8-4-2-1-3-7(8)6-14-11(17)9(15)5-10(13)16/h1-4,9,15H,5-6H2,(H2,13,16)(H,14,17). The second kappa shape index (κ2) is 5.95. The number of primary amides is 1. The molecule has 1 aromatic rings. The quantitative estimate of drug-likeness (QED) is 0.658. The molecule has 0 aliphatic rings. The van der Waals surface area contributed by atoms with Crippen molar-refractivity contribution in [3.05, 3.63) is 35.6 Å². The van der Waals surface area contributed by atoms with Gasteiger partial charge in [-0.2, -0.15) is 0 Å². The fourth-order valence-corrected chi connectivity index (χ4v) is 1.23. The van der Waals surface area contributed by atoms with E-state index >= 15 is 0 Å². The van der Waals surface area contributed by atoms with Crippen LogP contribution in [0.4, 0.5) is 4.39 Å². The smallest absolute Gasteiger partial charge is 0.249 e. The molecule has 1 unspecified atom stereocenters. The lowest BCUT2D eigenvalue weighted by atomic mass is 10.2. The molecule has 2 amide bonds. The van der Waals surface area contributed by atoms with Gasteiger partial charge in [-0.25, -0.2) is 4.39 Å². The summed E-state index contributed by atoms with van der Waals surface area (Å²) in [6.45, 7) is -0.0542. The Labute approximate surface area is 97.4 Å². The summed E-state index contributed by atoms with van der Waals surface area (Å²) < 4.78 is 13.2. The number of nitrogens with two attached hydrogens (primary N) is 1. The highest BCUT2D eigenvalue weighted by Crippen LogP contribution is 2.05. The van der Waals surface area contributed by atoms with Crippen molar-refractivity contribution in [3.8, 4) is 0 Å². The summed E-state index contributed by atoms with van der Waals surface area (Å²) in [5.74, 6) is -1.98. The van der Waals surface area contributed by atoms with E-state index in [1.165, 1.54) is 18.2 Å².